The summed E-state index contributed by atoms with van der Waals surface area (Å²) in [6.07, 6.45) is 3.81. The first-order valence-corrected chi connectivity index (χ1v) is 6.02. The number of hydrogen-bond acceptors (Lipinski definition) is 3. The van der Waals surface area contributed by atoms with Gasteiger partial charge < -0.3 is 10.6 Å². The predicted octanol–water partition coefficient (Wildman–Crippen LogP) is 2.84. The summed E-state index contributed by atoms with van der Waals surface area (Å²) in [5.41, 5.74) is 3.41. The minimum Gasteiger partial charge on any atom is -0.347 e. The van der Waals surface area contributed by atoms with Crippen molar-refractivity contribution in [2.75, 3.05) is 0 Å². The van der Waals surface area contributed by atoms with Crippen molar-refractivity contribution in [1.82, 2.24) is 15.6 Å². The molecule has 1 aromatic carbocycles. The van der Waals surface area contributed by atoms with E-state index < -0.39 is 0 Å². The van der Waals surface area contributed by atoms with Gasteiger partial charge in [0.25, 0.3) is 0 Å². The maximum atomic E-state index is 4.49. The van der Waals surface area contributed by atoms with Gasteiger partial charge in [0.05, 0.1) is 11.3 Å². The molecule has 1 aromatic heterocycles. The highest BCUT2D eigenvalue weighted by Gasteiger charge is 2.18. The molecule has 3 nitrogen and oxygen atoms in total. The fourth-order valence-electron chi connectivity index (χ4n) is 2.29. The van der Waals surface area contributed by atoms with E-state index in [4.69, 9.17) is 0 Å². The molecule has 2 N–H and O–H groups in total. The van der Waals surface area contributed by atoms with Crippen molar-refractivity contribution in [3.63, 3.8) is 0 Å². The molecule has 0 saturated heterocycles. The van der Waals surface area contributed by atoms with Crippen LogP contribution in [0, 0.1) is 0 Å². The first kappa shape index (κ1) is 10.8. The number of para-hydroxylation sites is 1. The number of nitrogens with one attached hydrogen (secondary N) is 2. The maximum Gasteiger partial charge on any atom is 0.0995 e. The van der Waals surface area contributed by atoms with Gasteiger partial charge in [-0.2, -0.15) is 0 Å². The van der Waals surface area contributed by atoms with Crippen LogP contribution >= 0.6 is 0 Å². The number of fused-ring (bicyclic) bond motifs is 1. The molecule has 0 saturated carbocycles. The van der Waals surface area contributed by atoms with Crippen LogP contribution in [0.25, 0.3) is 10.9 Å². The molecular weight excluding hydrogens is 222 g/mol. The van der Waals surface area contributed by atoms with Gasteiger partial charge in [-0.05, 0) is 11.6 Å². The van der Waals surface area contributed by atoms with Crippen LogP contribution in [0.2, 0.25) is 0 Å². The topological polar surface area (TPSA) is 37.0 Å². The lowest BCUT2D eigenvalue weighted by atomic mass is 9.95. The normalized spacial score (nSPS) is 16.1. The van der Waals surface area contributed by atoms with Crippen molar-refractivity contribution in [3.05, 3.63) is 66.4 Å². The Morgan fingerprint density at radius 3 is 2.83 bits per heavy atom. The Balaban J connectivity index is 2.06. The van der Waals surface area contributed by atoms with Crippen molar-refractivity contribution >= 4 is 10.9 Å². The van der Waals surface area contributed by atoms with Crippen LogP contribution < -0.4 is 10.6 Å². The van der Waals surface area contributed by atoms with E-state index in [-0.39, 0.29) is 5.92 Å². The van der Waals surface area contributed by atoms with Gasteiger partial charge >= 0.3 is 0 Å². The Morgan fingerprint density at radius 2 is 2.06 bits per heavy atom. The molecule has 0 radical (unpaired) electrons. The Hall–Kier alpha value is -2.29. The average Bonchev–Trinajstić information content (AvgIpc) is 2.84. The van der Waals surface area contributed by atoms with E-state index in [9.17, 15) is 0 Å². The predicted molar refractivity (Wildman–Crippen MR) is 73.7 cm³/mol. The SMILES string of the molecule is C=C1NC=C(C(C)c2cccc3cccnc23)N1. The molecule has 1 unspecified atom stereocenters. The third kappa shape index (κ3) is 1.74. The molecule has 3 heteroatoms. The lowest BCUT2D eigenvalue weighted by molar-refractivity contribution is 0.816. The minimum atomic E-state index is 0.260. The van der Waals surface area contributed by atoms with Crippen LogP contribution in [-0.4, -0.2) is 4.98 Å². The zero-order valence-electron chi connectivity index (χ0n) is 10.3. The van der Waals surface area contributed by atoms with E-state index in [0.717, 1.165) is 17.0 Å². The van der Waals surface area contributed by atoms with Gasteiger partial charge in [0.1, 0.15) is 0 Å². The molecule has 2 heterocycles. The van der Waals surface area contributed by atoms with Crippen LogP contribution in [0.15, 0.2) is 60.8 Å². The van der Waals surface area contributed by atoms with Crippen molar-refractivity contribution in [2.45, 2.75) is 12.8 Å². The summed E-state index contributed by atoms with van der Waals surface area (Å²) >= 11 is 0. The Morgan fingerprint density at radius 1 is 1.22 bits per heavy atom. The second kappa shape index (κ2) is 4.18. The van der Waals surface area contributed by atoms with E-state index in [1.807, 2.05) is 18.5 Å². The number of pyridine rings is 1. The fourth-order valence-corrected chi connectivity index (χ4v) is 2.29. The smallest absolute Gasteiger partial charge is 0.0995 e. The molecule has 0 amide bonds. The quantitative estimate of drug-likeness (QED) is 0.843. The van der Waals surface area contributed by atoms with Gasteiger partial charge in [-0.3, -0.25) is 4.98 Å². The summed E-state index contributed by atoms with van der Waals surface area (Å²) in [4.78, 5) is 4.49. The van der Waals surface area contributed by atoms with E-state index >= 15 is 0 Å². The van der Waals surface area contributed by atoms with Crippen molar-refractivity contribution in [3.8, 4) is 0 Å². The molecule has 1 aliphatic rings. The van der Waals surface area contributed by atoms with Crippen LogP contribution in [0.5, 0.6) is 0 Å². The third-order valence-corrected chi connectivity index (χ3v) is 3.29. The fraction of sp³-hybridized carbons (Fsp3) is 0.133. The van der Waals surface area contributed by atoms with E-state index in [0.29, 0.717) is 0 Å². The first-order chi connectivity index (χ1) is 8.75. The maximum absolute atomic E-state index is 4.49. The lowest BCUT2D eigenvalue weighted by Gasteiger charge is -2.15. The molecule has 1 aliphatic heterocycles. The second-order valence-electron chi connectivity index (χ2n) is 4.49. The Kier molecular flexibility index (Phi) is 2.52. The molecule has 18 heavy (non-hydrogen) atoms. The molecule has 3 rings (SSSR count). The first-order valence-electron chi connectivity index (χ1n) is 6.02. The van der Waals surface area contributed by atoms with Crippen molar-refractivity contribution < 1.29 is 0 Å². The average molecular weight is 237 g/mol. The summed E-state index contributed by atoms with van der Waals surface area (Å²) in [6.45, 7) is 6.02. The van der Waals surface area contributed by atoms with E-state index in [1.165, 1.54) is 10.9 Å². The number of hydrogen-bond donors (Lipinski definition) is 2. The zero-order chi connectivity index (χ0) is 12.5. The summed E-state index contributed by atoms with van der Waals surface area (Å²) in [5.74, 6) is 1.08. The zero-order valence-corrected chi connectivity index (χ0v) is 10.3. The van der Waals surface area contributed by atoms with Gasteiger partial charge in [0.2, 0.25) is 0 Å². The number of rotatable bonds is 2. The summed E-state index contributed by atoms with van der Waals surface area (Å²) < 4.78 is 0. The van der Waals surface area contributed by atoms with Gasteiger partial charge in [-0.1, -0.05) is 37.8 Å². The highest BCUT2D eigenvalue weighted by molar-refractivity contribution is 5.82. The molecule has 2 aromatic rings. The van der Waals surface area contributed by atoms with Crippen LogP contribution in [0.3, 0.4) is 0 Å². The summed E-state index contributed by atoms with van der Waals surface area (Å²) in [5, 5.41) is 7.50. The highest BCUT2D eigenvalue weighted by Crippen LogP contribution is 2.29. The second-order valence-corrected chi connectivity index (χ2v) is 4.49. The van der Waals surface area contributed by atoms with Crippen LogP contribution in [0.4, 0.5) is 0 Å². The molecule has 0 bridgehead atoms. The highest BCUT2D eigenvalue weighted by atomic mass is 15.1. The molecular formula is C15H15N3. The Bertz CT molecular complexity index is 638. The summed E-state index contributed by atoms with van der Waals surface area (Å²) in [6, 6.07) is 10.4. The third-order valence-electron chi connectivity index (χ3n) is 3.29. The van der Waals surface area contributed by atoms with Gasteiger partial charge in [0, 0.05) is 29.4 Å². The van der Waals surface area contributed by atoms with Gasteiger partial charge in [0.15, 0.2) is 0 Å². The van der Waals surface area contributed by atoms with Crippen LogP contribution in [-0.2, 0) is 0 Å². The van der Waals surface area contributed by atoms with Crippen molar-refractivity contribution in [1.29, 1.82) is 0 Å². The van der Waals surface area contributed by atoms with Crippen molar-refractivity contribution in [2.24, 2.45) is 0 Å². The molecule has 90 valence electrons. The summed E-state index contributed by atoms with van der Waals surface area (Å²) in [7, 11) is 0. The molecule has 0 spiro atoms. The number of benzene rings is 1. The standard InChI is InChI=1S/C15H15N3/c1-10(14-9-17-11(2)18-14)13-7-3-5-12-6-4-8-16-15(12)13/h3-10,17-18H,2H2,1H3. The van der Waals surface area contributed by atoms with Gasteiger partial charge in [-0.15, -0.1) is 0 Å². The van der Waals surface area contributed by atoms with Gasteiger partial charge in [-0.25, -0.2) is 0 Å². The Labute approximate surface area is 106 Å². The monoisotopic (exact) mass is 237 g/mol. The van der Waals surface area contributed by atoms with E-state index in [2.05, 4.69) is 53.4 Å². The molecule has 0 fully saturated rings. The number of aromatic nitrogens is 1. The number of allylic oxidation sites excluding steroid dienone is 1. The molecule has 0 aliphatic carbocycles. The number of nitrogens with zero attached hydrogens (tertiary/aromatic N) is 1. The minimum absolute atomic E-state index is 0.260. The van der Waals surface area contributed by atoms with Crippen LogP contribution in [0.1, 0.15) is 18.4 Å². The van der Waals surface area contributed by atoms with E-state index in [1.54, 1.807) is 0 Å². The largest absolute Gasteiger partial charge is 0.347 e. The molecule has 1 atom stereocenters. The lowest BCUT2D eigenvalue weighted by Crippen LogP contribution is -2.14.